The monoisotopic (exact) mass is 192 g/mol. The van der Waals surface area contributed by atoms with Crippen LogP contribution in [0, 0.1) is 0 Å². The number of ether oxygens (including phenoxy) is 2. The van der Waals surface area contributed by atoms with Crippen LogP contribution >= 0.6 is 0 Å². The molecule has 0 aromatic carbocycles. The van der Waals surface area contributed by atoms with Crippen molar-refractivity contribution in [2.24, 2.45) is 5.11 Å². The molecule has 1 atom stereocenters. The Morgan fingerprint density at radius 1 is 1.71 bits per heavy atom. The zero-order chi connectivity index (χ0) is 9.80. The number of fused-ring (bicyclic) bond motifs is 1. The van der Waals surface area contributed by atoms with Gasteiger partial charge in [-0.3, -0.25) is 0 Å². The molecule has 1 aromatic heterocycles. The first-order chi connectivity index (χ1) is 6.90. The molecule has 0 fully saturated rings. The second-order valence-electron chi connectivity index (χ2n) is 2.77. The van der Waals surface area contributed by atoms with Crippen LogP contribution in [0.5, 0.6) is 11.6 Å². The standard InChI is InChI=1S/C8H8N4O2/c9-12-11-4-6-5-13-8-7(14-6)2-1-3-10-8/h1-3,6H,4-5H2. The minimum absolute atomic E-state index is 0.220. The molecule has 0 amide bonds. The number of hydrogen-bond donors (Lipinski definition) is 0. The highest BCUT2D eigenvalue weighted by Crippen LogP contribution is 2.28. The van der Waals surface area contributed by atoms with Crippen LogP contribution in [0.3, 0.4) is 0 Å². The molecule has 1 unspecified atom stereocenters. The molecule has 2 rings (SSSR count). The van der Waals surface area contributed by atoms with Gasteiger partial charge in [0, 0.05) is 11.1 Å². The predicted molar refractivity (Wildman–Crippen MR) is 48.2 cm³/mol. The van der Waals surface area contributed by atoms with Crippen molar-refractivity contribution in [1.82, 2.24) is 4.98 Å². The van der Waals surface area contributed by atoms with Crippen molar-refractivity contribution in [3.05, 3.63) is 28.8 Å². The maximum absolute atomic E-state index is 8.14. The normalized spacial score (nSPS) is 18.4. The first kappa shape index (κ1) is 8.65. The maximum atomic E-state index is 8.14. The molecule has 0 saturated carbocycles. The van der Waals surface area contributed by atoms with E-state index in [4.69, 9.17) is 15.0 Å². The van der Waals surface area contributed by atoms with Crippen LogP contribution in [0.4, 0.5) is 0 Å². The van der Waals surface area contributed by atoms with E-state index >= 15 is 0 Å². The lowest BCUT2D eigenvalue weighted by Crippen LogP contribution is -2.31. The highest BCUT2D eigenvalue weighted by Gasteiger charge is 2.20. The average Bonchev–Trinajstić information content (AvgIpc) is 2.26. The summed E-state index contributed by atoms with van der Waals surface area (Å²) in [4.78, 5) is 6.64. The van der Waals surface area contributed by atoms with E-state index in [9.17, 15) is 0 Å². The minimum atomic E-state index is -0.220. The van der Waals surface area contributed by atoms with Gasteiger partial charge in [0.1, 0.15) is 12.7 Å². The first-order valence-electron chi connectivity index (χ1n) is 4.15. The first-order valence-corrected chi connectivity index (χ1v) is 4.15. The average molecular weight is 192 g/mol. The van der Waals surface area contributed by atoms with Crippen molar-refractivity contribution >= 4 is 0 Å². The second-order valence-corrected chi connectivity index (χ2v) is 2.77. The van der Waals surface area contributed by atoms with Gasteiger partial charge in [-0.1, -0.05) is 5.11 Å². The van der Waals surface area contributed by atoms with Crippen molar-refractivity contribution < 1.29 is 9.47 Å². The lowest BCUT2D eigenvalue weighted by atomic mass is 10.3. The number of azide groups is 1. The molecule has 0 radical (unpaired) electrons. The molecule has 0 N–H and O–H groups in total. The van der Waals surface area contributed by atoms with Crippen molar-refractivity contribution in [3.8, 4) is 11.6 Å². The van der Waals surface area contributed by atoms with Crippen LogP contribution < -0.4 is 9.47 Å². The van der Waals surface area contributed by atoms with Crippen LogP contribution in [0.25, 0.3) is 10.4 Å². The molecular weight excluding hydrogens is 184 g/mol. The van der Waals surface area contributed by atoms with E-state index in [0.717, 1.165) is 0 Å². The molecule has 1 aliphatic heterocycles. The van der Waals surface area contributed by atoms with E-state index in [-0.39, 0.29) is 12.6 Å². The van der Waals surface area contributed by atoms with Gasteiger partial charge in [-0.05, 0) is 17.7 Å². The third kappa shape index (κ3) is 1.70. The van der Waals surface area contributed by atoms with Crippen LogP contribution in [0.2, 0.25) is 0 Å². The van der Waals surface area contributed by atoms with Crippen molar-refractivity contribution in [2.75, 3.05) is 13.2 Å². The molecule has 2 heterocycles. The Kier molecular flexibility index (Phi) is 2.38. The van der Waals surface area contributed by atoms with Gasteiger partial charge in [0.05, 0.1) is 6.54 Å². The van der Waals surface area contributed by atoms with Crippen LogP contribution in [-0.4, -0.2) is 24.2 Å². The number of rotatable bonds is 2. The Hall–Kier alpha value is -1.94. The predicted octanol–water partition coefficient (Wildman–Crippen LogP) is 1.53. The van der Waals surface area contributed by atoms with E-state index in [1.54, 1.807) is 18.3 Å². The Bertz CT molecular complexity index is 375. The summed E-state index contributed by atoms with van der Waals surface area (Å²) in [6.07, 6.45) is 1.42. The Labute approximate surface area is 80.1 Å². The fourth-order valence-electron chi connectivity index (χ4n) is 1.18. The molecule has 1 aliphatic rings. The third-order valence-electron chi connectivity index (χ3n) is 1.78. The highest BCUT2D eigenvalue weighted by atomic mass is 16.6. The summed E-state index contributed by atoms with van der Waals surface area (Å²) in [7, 11) is 0. The summed E-state index contributed by atoms with van der Waals surface area (Å²) < 4.78 is 10.8. The van der Waals surface area contributed by atoms with E-state index in [1.807, 2.05) is 0 Å². The van der Waals surface area contributed by atoms with Gasteiger partial charge >= 0.3 is 0 Å². The summed E-state index contributed by atoms with van der Waals surface area (Å²) in [5.74, 6) is 1.08. The molecule has 0 bridgehead atoms. The smallest absolute Gasteiger partial charge is 0.257 e. The summed E-state index contributed by atoms with van der Waals surface area (Å²) in [6, 6.07) is 3.53. The van der Waals surface area contributed by atoms with Gasteiger partial charge < -0.3 is 9.47 Å². The van der Waals surface area contributed by atoms with E-state index in [0.29, 0.717) is 18.2 Å². The summed E-state index contributed by atoms with van der Waals surface area (Å²) in [5.41, 5.74) is 8.14. The Morgan fingerprint density at radius 2 is 2.64 bits per heavy atom. The zero-order valence-corrected chi connectivity index (χ0v) is 7.33. The summed E-state index contributed by atoms with van der Waals surface area (Å²) >= 11 is 0. The molecule has 6 nitrogen and oxygen atoms in total. The Morgan fingerprint density at radius 3 is 3.50 bits per heavy atom. The van der Waals surface area contributed by atoms with Crippen molar-refractivity contribution in [2.45, 2.75) is 6.10 Å². The van der Waals surface area contributed by atoms with Gasteiger partial charge in [-0.15, -0.1) is 0 Å². The van der Waals surface area contributed by atoms with Gasteiger partial charge in [0.2, 0.25) is 0 Å². The van der Waals surface area contributed by atoms with Crippen molar-refractivity contribution in [3.63, 3.8) is 0 Å². The lowest BCUT2D eigenvalue weighted by molar-refractivity contribution is 0.0919. The zero-order valence-electron chi connectivity index (χ0n) is 7.33. The third-order valence-corrected chi connectivity index (χ3v) is 1.78. The number of hydrogen-bond acceptors (Lipinski definition) is 4. The molecule has 0 saturated heterocycles. The maximum Gasteiger partial charge on any atom is 0.257 e. The highest BCUT2D eigenvalue weighted by molar-refractivity contribution is 5.34. The lowest BCUT2D eigenvalue weighted by Gasteiger charge is -2.23. The van der Waals surface area contributed by atoms with Gasteiger partial charge in [-0.2, -0.15) is 0 Å². The van der Waals surface area contributed by atoms with E-state index in [1.165, 1.54) is 0 Å². The molecule has 1 aromatic rings. The van der Waals surface area contributed by atoms with Gasteiger partial charge in [0.15, 0.2) is 5.75 Å². The molecule has 14 heavy (non-hydrogen) atoms. The van der Waals surface area contributed by atoms with Crippen LogP contribution in [-0.2, 0) is 0 Å². The van der Waals surface area contributed by atoms with Crippen molar-refractivity contribution in [1.29, 1.82) is 0 Å². The topological polar surface area (TPSA) is 80.1 Å². The van der Waals surface area contributed by atoms with Gasteiger partial charge in [-0.25, -0.2) is 4.98 Å². The number of nitrogens with zero attached hydrogens (tertiary/aromatic N) is 4. The van der Waals surface area contributed by atoms with Crippen LogP contribution in [0.15, 0.2) is 23.4 Å². The van der Waals surface area contributed by atoms with E-state index in [2.05, 4.69) is 15.0 Å². The minimum Gasteiger partial charge on any atom is -0.481 e. The van der Waals surface area contributed by atoms with E-state index < -0.39 is 0 Å². The quantitative estimate of drug-likeness (QED) is 0.405. The molecule has 6 heteroatoms. The molecule has 72 valence electrons. The SMILES string of the molecule is [N-]=[N+]=NCC1COc2ncccc2O1. The second kappa shape index (κ2) is 3.85. The summed E-state index contributed by atoms with van der Waals surface area (Å²) in [5, 5.41) is 3.42. The fraction of sp³-hybridized carbons (Fsp3) is 0.375. The Balaban J connectivity index is 2.09. The number of aromatic nitrogens is 1. The molecule has 0 spiro atoms. The largest absolute Gasteiger partial charge is 0.481 e. The molecular formula is C8H8N4O2. The van der Waals surface area contributed by atoms with Gasteiger partial charge in [0.25, 0.3) is 5.88 Å². The fourth-order valence-corrected chi connectivity index (χ4v) is 1.18. The number of pyridine rings is 1. The molecule has 0 aliphatic carbocycles. The van der Waals surface area contributed by atoms with Crippen LogP contribution in [0.1, 0.15) is 0 Å². The summed E-state index contributed by atoms with van der Waals surface area (Å²) in [6.45, 7) is 0.633.